The molecule has 0 bridgehead atoms. The van der Waals surface area contributed by atoms with Crippen molar-refractivity contribution in [3.63, 3.8) is 0 Å². The van der Waals surface area contributed by atoms with E-state index in [1.807, 2.05) is 0 Å². The third-order valence-electron chi connectivity index (χ3n) is 4.52. The molecule has 0 radical (unpaired) electrons. The number of H-pyrrole nitrogens is 1. The van der Waals surface area contributed by atoms with Crippen LogP contribution in [0.5, 0.6) is 0 Å². The number of carbonyl (C=O) groups is 1. The summed E-state index contributed by atoms with van der Waals surface area (Å²) in [5, 5.41) is 3.08. The fourth-order valence-corrected chi connectivity index (χ4v) is 2.99. The van der Waals surface area contributed by atoms with Gasteiger partial charge in [0.2, 0.25) is 5.91 Å². The summed E-state index contributed by atoms with van der Waals surface area (Å²) in [5.41, 5.74) is -1.15. The van der Waals surface area contributed by atoms with Crippen molar-refractivity contribution in [2.45, 2.75) is 33.5 Å². The van der Waals surface area contributed by atoms with E-state index in [0.29, 0.717) is 11.1 Å². The van der Waals surface area contributed by atoms with Crippen molar-refractivity contribution in [1.82, 2.24) is 20.3 Å². The quantitative estimate of drug-likeness (QED) is 0.578. The molecule has 1 heterocycles. The van der Waals surface area contributed by atoms with Gasteiger partial charge in [0, 0.05) is 23.1 Å². The first-order valence-corrected chi connectivity index (χ1v) is 9.95. The summed E-state index contributed by atoms with van der Waals surface area (Å²) < 4.78 is 39.2. The highest BCUT2D eigenvalue weighted by Crippen LogP contribution is 2.32. The van der Waals surface area contributed by atoms with E-state index in [2.05, 4.69) is 20.3 Å². The zero-order valence-electron chi connectivity index (χ0n) is 17.5. The minimum atomic E-state index is -4.55. The van der Waals surface area contributed by atoms with Crippen LogP contribution in [0.3, 0.4) is 0 Å². The standard InChI is InChI=1S/C22H20ClF3N4O2/c1-21(2,3)19(31)27-11-12-7-8-16(23)15(9-12)18-28-17(29-20(32)30-18)13-5-4-6-14(10-13)22(24,25)26/h4-10H,11H2,1-3H3,(H,27,31)(H,28,29,30,32). The van der Waals surface area contributed by atoms with Gasteiger partial charge in [-0.05, 0) is 29.8 Å². The lowest BCUT2D eigenvalue weighted by molar-refractivity contribution is -0.137. The number of hydrogen-bond acceptors (Lipinski definition) is 4. The monoisotopic (exact) mass is 464 g/mol. The van der Waals surface area contributed by atoms with E-state index in [1.54, 1.807) is 39.0 Å². The van der Waals surface area contributed by atoms with E-state index in [9.17, 15) is 22.8 Å². The molecule has 6 nitrogen and oxygen atoms in total. The Hall–Kier alpha value is -3.20. The molecule has 3 aromatic rings. The van der Waals surface area contributed by atoms with Crippen LogP contribution in [0.15, 0.2) is 47.3 Å². The van der Waals surface area contributed by atoms with Gasteiger partial charge in [0.05, 0.1) is 10.6 Å². The average Bonchev–Trinajstić information content (AvgIpc) is 2.71. The molecule has 0 spiro atoms. The predicted octanol–water partition coefficient (Wildman–Crippen LogP) is 4.83. The van der Waals surface area contributed by atoms with Crippen LogP contribution in [0.25, 0.3) is 22.8 Å². The molecule has 1 amide bonds. The van der Waals surface area contributed by atoms with Gasteiger partial charge in [-0.25, -0.2) is 9.78 Å². The minimum absolute atomic E-state index is 0.0388. The SMILES string of the molecule is CC(C)(C)C(=O)NCc1ccc(Cl)c(-c2nc(-c3cccc(C(F)(F)F)c3)nc(=O)[nH]2)c1. The number of carbonyl (C=O) groups excluding carboxylic acids is 1. The summed E-state index contributed by atoms with van der Waals surface area (Å²) in [7, 11) is 0. The van der Waals surface area contributed by atoms with Crippen molar-refractivity contribution in [2.24, 2.45) is 5.41 Å². The van der Waals surface area contributed by atoms with E-state index < -0.39 is 22.8 Å². The maximum atomic E-state index is 13.1. The van der Waals surface area contributed by atoms with Gasteiger partial charge < -0.3 is 5.32 Å². The van der Waals surface area contributed by atoms with Gasteiger partial charge in [-0.1, -0.05) is 50.6 Å². The Balaban J connectivity index is 1.98. The Morgan fingerprint density at radius 3 is 2.47 bits per heavy atom. The molecule has 0 aliphatic heterocycles. The van der Waals surface area contributed by atoms with Crippen molar-refractivity contribution >= 4 is 17.5 Å². The first kappa shape index (κ1) is 23.5. The molecule has 0 fully saturated rings. The van der Waals surface area contributed by atoms with E-state index in [0.717, 1.165) is 12.1 Å². The molecule has 0 atom stereocenters. The number of halogens is 4. The number of hydrogen-bond donors (Lipinski definition) is 2. The summed E-state index contributed by atoms with van der Waals surface area (Å²) in [6, 6.07) is 9.32. The Morgan fingerprint density at radius 1 is 1.09 bits per heavy atom. The van der Waals surface area contributed by atoms with Crippen molar-refractivity contribution in [1.29, 1.82) is 0 Å². The smallest absolute Gasteiger partial charge is 0.352 e. The van der Waals surface area contributed by atoms with Crippen molar-refractivity contribution in [3.8, 4) is 22.8 Å². The third kappa shape index (κ3) is 5.53. The number of aromatic amines is 1. The Labute approximate surface area is 186 Å². The lowest BCUT2D eigenvalue weighted by Crippen LogP contribution is -2.34. The van der Waals surface area contributed by atoms with Crippen LogP contribution in [-0.4, -0.2) is 20.9 Å². The number of aromatic nitrogens is 3. The Morgan fingerprint density at radius 2 is 1.81 bits per heavy atom. The first-order valence-electron chi connectivity index (χ1n) is 9.58. The van der Waals surface area contributed by atoms with Gasteiger partial charge in [0.25, 0.3) is 0 Å². The van der Waals surface area contributed by atoms with Gasteiger partial charge in [0.1, 0.15) is 5.82 Å². The van der Waals surface area contributed by atoms with E-state index in [-0.39, 0.29) is 34.7 Å². The fraction of sp³-hybridized carbons (Fsp3) is 0.273. The molecule has 0 aliphatic carbocycles. The third-order valence-corrected chi connectivity index (χ3v) is 4.85. The largest absolute Gasteiger partial charge is 0.416 e. The van der Waals surface area contributed by atoms with Crippen LogP contribution < -0.4 is 11.0 Å². The molecule has 0 saturated carbocycles. The molecule has 2 N–H and O–H groups in total. The van der Waals surface area contributed by atoms with Crippen LogP contribution in [0.2, 0.25) is 5.02 Å². The van der Waals surface area contributed by atoms with Crippen LogP contribution in [-0.2, 0) is 17.5 Å². The van der Waals surface area contributed by atoms with Gasteiger partial charge >= 0.3 is 11.9 Å². The summed E-state index contributed by atoms with van der Waals surface area (Å²) in [5.74, 6) is -0.264. The molecule has 0 unspecified atom stereocenters. The average molecular weight is 465 g/mol. The molecule has 1 aromatic heterocycles. The van der Waals surface area contributed by atoms with Gasteiger partial charge in [-0.15, -0.1) is 0 Å². The molecule has 10 heteroatoms. The van der Waals surface area contributed by atoms with Gasteiger partial charge in [0.15, 0.2) is 5.82 Å². The Bertz CT molecular complexity index is 1220. The van der Waals surface area contributed by atoms with Gasteiger partial charge in [-0.3, -0.25) is 9.78 Å². The lowest BCUT2D eigenvalue weighted by Gasteiger charge is -2.18. The second kappa shape index (κ2) is 8.74. The molecule has 2 aromatic carbocycles. The molecule has 0 saturated heterocycles. The predicted molar refractivity (Wildman–Crippen MR) is 115 cm³/mol. The van der Waals surface area contributed by atoms with E-state index in [4.69, 9.17) is 11.6 Å². The first-order chi connectivity index (χ1) is 14.8. The topological polar surface area (TPSA) is 87.7 Å². The van der Waals surface area contributed by atoms with E-state index >= 15 is 0 Å². The number of nitrogens with one attached hydrogen (secondary N) is 2. The number of rotatable bonds is 4. The normalized spacial score (nSPS) is 12.0. The summed E-state index contributed by atoms with van der Waals surface area (Å²) in [6.07, 6.45) is -4.55. The summed E-state index contributed by atoms with van der Waals surface area (Å²) in [4.78, 5) is 34.6. The Kier molecular flexibility index (Phi) is 6.41. The molecule has 3 rings (SSSR count). The second-order valence-corrected chi connectivity index (χ2v) is 8.56. The molecular weight excluding hydrogens is 445 g/mol. The second-order valence-electron chi connectivity index (χ2n) is 8.15. The van der Waals surface area contributed by atoms with Crippen LogP contribution in [0, 0.1) is 5.41 Å². The van der Waals surface area contributed by atoms with Crippen molar-refractivity contribution < 1.29 is 18.0 Å². The number of benzene rings is 2. The maximum absolute atomic E-state index is 13.1. The summed E-state index contributed by atoms with van der Waals surface area (Å²) >= 11 is 6.28. The van der Waals surface area contributed by atoms with Crippen molar-refractivity contribution in [3.05, 3.63) is 69.1 Å². The highest BCUT2D eigenvalue weighted by atomic mass is 35.5. The van der Waals surface area contributed by atoms with Crippen molar-refractivity contribution in [2.75, 3.05) is 0 Å². The minimum Gasteiger partial charge on any atom is -0.352 e. The molecule has 0 aliphatic rings. The van der Waals surface area contributed by atoms with Crippen LogP contribution >= 0.6 is 11.6 Å². The molecule has 32 heavy (non-hydrogen) atoms. The summed E-state index contributed by atoms with van der Waals surface area (Å²) in [6.45, 7) is 5.58. The van der Waals surface area contributed by atoms with E-state index in [1.165, 1.54) is 12.1 Å². The zero-order valence-corrected chi connectivity index (χ0v) is 18.2. The van der Waals surface area contributed by atoms with Gasteiger partial charge in [-0.2, -0.15) is 18.2 Å². The highest BCUT2D eigenvalue weighted by molar-refractivity contribution is 6.33. The lowest BCUT2D eigenvalue weighted by atomic mass is 9.95. The molecular formula is C22H20ClF3N4O2. The van der Waals surface area contributed by atoms with Crippen LogP contribution in [0.4, 0.5) is 13.2 Å². The zero-order chi connectivity index (χ0) is 23.7. The maximum Gasteiger partial charge on any atom is 0.416 e. The highest BCUT2D eigenvalue weighted by Gasteiger charge is 2.30. The number of alkyl halides is 3. The fourth-order valence-electron chi connectivity index (χ4n) is 2.79. The molecule has 168 valence electrons. The van der Waals surface area contributed by atoms with Crippen LogP contribution in [0.1, 0.15) is 31.9 Å². The number of nitrogens with zero attached hydrogens (tertiary/aromatic N) is 2. The number of amides is 1.